The molecule has 0 aliphatic heterocycles. The van der Waals surface area contributed by atoms with E-state index < -0.39 is 12.6 Å². The molecule has 2 nitrogen and oxygen atoms in total. The van der Waals surface area contributed by atoms with Gasteiger partial charge in [0.25, 0.3) is 0 Å². The van der Waals surface area contributed by atoms with E-state index in [2.05, 4.69) is 24.1 Å². The minimum absolute atomic E-state index is 0.0193. The number of hydrogen-bond donors (Lipinski definition) is 1. The van der Waals surface area contributed by atoms with Gasteiger partial charge in [0.1, 0.15) is 0 Å². The molecule has 0 spiro atoms. The number of rotatable bonds is 5. The van der Waals surface area contributed by atoms with Crippen LogP contribution >= 0.6 is 11.3 Å². The van der Waals surface area contributed by atoms with Gasteiger partial charge in [0.15, 0.2) is 0 Å². The Hall–Kier alpha value is -0.620. The van der Waals surface area contributed by atoms with Gasteiger partial charge in [0, 0.05) is 36.2 Å². The molecule has 1 heterocycles. The number of alkyl halides is 3. The molecule has 0 fully saturated rings. The Morgan fingerprint density at radius 2 is 2.15 bits per heavy atom. The summed E-state index contributed by atoms with van der Waals surface area (Å²) in [5, 5.41) is 4.05. The first-order valence-electron chi connectivity index (χ1n) is 7.14. The van der Waals surface area contributed by atoms with Crippen molar-refractivity contribution in [3.63, 3.8) is 0 Å². The third-order valence-electron chi connectivity index (χ3n) is 3.51. The Morgan fingerprint density at radius 1 is 1.40 bits per heavy atom. The number of nitrogens with one attached hydrogen (secondary N) is 1. The highest BCUT2D eigenvalue weighted by Crippen LogP contribution is 2.35. The quantitative estimate of drug-likeness (QED) is 0.887. The molecule has 114 valence electrons. The first kappa shape index (κ1) is 15.8. The average Bonchev–Trinajstić information content (AvgIpc) is 2.76. The van der Waals surface area contributed by atoms with E-state index in [0.717, 1.165) is 31.5 Å². The Balaban J connectivity index is 2.02. The predicted octanol–water partition coefficient (Wildman–Crippen LogP) is 4.06. The summed E-state index contributed by atoms with van der Waals surface area (Å²) >= 11 is 1.48. The zero-order chi connectivity index (χ0) is 14.8. The number of fused-ring (bicyclic) bond motifs is 1. The van der Waals surface area contributed by atoms with Crippen LogP contribution in [0.2, 0.25) is 0 Å². The molecular weight excluding hydrogens is 285 g/mol. The molecule has 1 unspecified atom stereocenters. The highest BCUT2D eigenvalue weighted by atomic mass is 32.1. The van der Waals surface area contributed by atoms with Crippen LogP contribution in [0.15, 0.2) is 0 Å². The maximum atomic E-state index is 12.3. The largest absolute Gasteiger partial charge is 0.389 e. The predicted molar refractivity (Wildman–Crippen MR) is 75.3 cm³/mol. The smallest absolute Gasteiger partial charge is 0.314 e. The lowest BCUT2D eigenvalue weighted by Gasteiger charge is -2.22. The maximum absolute atomic E-state index is 12.3. The molecule has 1 aliphatic carbocycles. The summed E-state index contributed by atoms with van der Waals surface area (Å²) in [6.07, 6.45) is -1.69. The van der Waals surface area contributed by atoms with Crippen LogP contribution in [0, 0.1) is 0 Å². The second-order valence-electron chi connectivity index (χ2n) is 5.68. The topological polar surface area (TPSA) is 24.9 Å². The zero-order valence-electron chi connectivity index (χ0n) is 11.9. The van der Waals surface area contributed by atoms with Crippen molar-refractivity contribution in [1.82, 2.24) is 10.3 Å². The van der Waals surface area contributed by atoms with Crippen molar-refractivity contribution in [2.45, 2.75) is 64.1 Å². The molecule has 1 aliphatic rings. The Labute approximate surface area is 121 Å². The molecular formula is C14H21F3N2S. The van der Waals surface area contributed by atoms with Gasteiger partial charge in [-0.05, 0) is 19.3 Å². The molecule has 20 heavy (non-hydrogen) atoms. The van der Waals surface area contributed by atoms with Crippen molar-refractivity contribution in [2.24, 2.45) is 0 Å². The SMILES string of the molecule is CC(C)NCC1CCCc2sc(CCC(F)(F)F)nc21. The van der Waals surface area contributed by atoms with Gasteiger partial charge >= 0.3 is 6.18 Å². The van der Waals surface area contributed by atoms with Crippen molar-refractivity contribution in [2.75, 3.05) is 6.54 Å². The summed E-state index contributed by atoms with van der Waals surface area (Å²) in [6, 6.07) is 0.420. The van der Waals surface area contributed by atoms with E-state index in [-0.39, 0.29) is 6.42 Å². The van der Waals surface area contributed by atoms with Crippen LogP contribution < -0.4 is 5.32 Å². The van der Waals surface area contributed by atoms with Gasteiger partial charge in [0.05, 0.1) is 10.7 Å². The maximum Gasteiger partial charge on any atom is 0.389 e. The fraction of sp³-hybridized carbons (Fsp3) is 0.786. The van der Waals surface area contributed by atoms with E-state index in [1.54, 1.807) is 0 Å². The highest BCUT2D eigenvalue weighted by Gasteiger charge is 2.29. The van der Waals surface area contributed by atoms with E-state index in [4.69, 9.17) is 0 Å². The van der Waals surface area contributed by atoms with Crippen molar-refractivity contribution < 1.29 is 13.2 Å². The van der Waals surface area contributed by atoms with E-state index in [9.17, 15) is 13.2 Å². The zero-order valence-corrected chi connectivity index (χ0v) is 12.7. The van der Waals surface area contributed by atoms with Crippen LogP contribution in [0.25, 0.3) is 0 Å². The number of aryl methyl sites for hydroxylation is 2. The molecule has 1 aromatic heterocycles. The van der Waals surface area contributed by atoms with E-state index in [0.29, 0.717) is 17.0 Å². The summed E-state index contributed by atoms with van der Waals surface area (Å²) in [7, 11) is 0. The van der Waals surface area contributed by atoms with Gasteiger partial charge in [-0.3, -0.25) is 0 Å². The molecule has 1 atom stereocenters. The summed E-state index contributed by atoms with van der Waals surface area (Å²) in [4.78, 5) is 5.69. The highest BCUT2D eigenvalue weighted by molar-refractivity contribution is 7.11. The molecule has 0 radical (unpaired) electrons. The normalized spacial score (nSPS) is 19.4. The second kappa shape index (κ2) is 6.43. The van der Waals surface area contributed by atoms with Crippen LogP contribution in [0.1, 0.15) is 54.6 Å². The number of thiazole rings is 1. The van der Waals surface area contributed by atoms with Crippen LogP contribution in [-0.4, -0.2) is 23.7 Å². The van der Waals surface area contributed by atoms with Gasteiger partial charge in [-0.1, -0.05) is 13.8 Å². The first-order chi connectivity index (χ1) is 9.35. The van der Waals surface area contributed by atoms with Crippen LogP contribution in [-0.2, 0) is 12.8 Å². The van der Waals surface area contributed by atoms with Crippen molar-refractivity contribution in [3.8, 4) is 0 Å². The molecule has 0 aromatic carbocycles. The fourth-order valence-electron chi connectivity index (χ4n) is 2.49. The second-order valence-corrected chi connectivity index (χ2v) is 6.85. The van der Waals surface area contributed by atoms with Gasteiger partial charge < -0.3 is 5.32 Å². The van der Waals surface area contributed by atoms with Gasteiger partial charge in [0.2, 0.25) is 0 Å². The van der Waals surface area contributed by atoms with E-state index in [1.807, 2.05) is 0 Å². The van der Waals surface area contributed by atoms with Crippen molar-refractivity contribution in [1.29, 1.82) is 0 Å². The molecule has 6 heteroatoms. The molecule has 1 N–H and O–H groups in total. The Kier molecular flexibility index (Phi) is 5.07. The first-order valence-corrected chi connectivity index (χ1v) is 7.95. The molecule has 0 saturated heterocycles. The van der Waals surface area contributed by atoms with Crippen LogP contribution in [0.5, 0.6) is 0 Å². The lowest BCUT2D eigenvalue weighted by Crippen LogP contribution is -2.29. The van der Waals surface area contributed by atoms with E-state index >= 15 is 0 Å². The summed E-state index contributed by atoms with van der Waals surface area (Å²) < 4.78 is 36.8. The molecule has 0 amide bonds. The standard InChI is InChI=1S/C14H21F3N2S/c1-9(2)18-8-10-4-3-5-11-13(10)19-12(20-11)6-7-14(15,16)17/h9-10,18H,3-8H2,1-2H3. The van der Waals surface area contributed by atoms with Gasteiger partial charge in [-0.15, -0.1) is 11.3 Å². The van der Waals surface area contributed by atoms with Gasteiger partial charge in [-0.2, -0.15) is 13.2 Å². The number of hydrogen-bond acceptors (Lipinski definition) is 3. The molecule has 0 bridgehead atoms. The van der Waals surface area contributed by atoms with Crippen molar-refractivity contribution >= 4 is 11.3 Å². The summed E-state index contributed by atoms with van der Waals surface area (Å²) in [6.45, 7) is 5.06. The van der Waals surface area contributed by atoms with Crippen LogP contribution in [0.3, 0.4) is 0 Å². The van der Waals surface area contributed by atoms with Crippen molar-refractivity contribution in [3.05, 3.63) is 15.6 Å². The van der Waals surface area contributed by atoms with E-state index in [1.165, 1.54) is 16.2 Å². The summed E-state index contributed by atoms with van der Waals surface area (Å²) in [5.74, 6) is 0.358. The lowest BCUT2D eigenvalue weighted by atomic mass is 9.91. The molecule has 1 aromatic rings. The third kappa shape index (κ3) is 4.45. The Bertz CT molecular complexity index is 440. The minimum atomic E-state index is -4.09. The summed E-state index contributed by atoms with van der Waals surface area (Å²) in [5.41, 5.74) is 1.05. The molecule has 2 rings (SSSR count). The van der Waals surface area contributed by atoms with Gasteiger partial charge in [-0.25, -0.2) is 4.98 Å². The number of nitrogens with zero attached hydrogens (tertiary/aromatic N) is 1. The average molecular weight is 306 g/mol. The number of aromatic nitrogens is 1. The lowest BCUT2D eigenvalue weighted by molar-refractivity contribution is -0.134. The van der Waals surface area contributed by atoms with Crippen LogP contribution in [0.4, 0.5) is 13.2 Å². The monoisotopic (exact) mass is 306 g/mol. The number of halogens is 3. The Morgan fingerprint density at radius 3 is 2.80 bits per heavy atom. The third-order valence-corrected chi connectivity index (χ3v) is 4.70. The minimum Gasteiger partial charge on any atom is -0.314 e. The fourth-order valence-corrected chi connectivity index (χ4v) is 3.69. The molecule has 0 saturated carbocycles.